The van der Waals surface area contributed by atoms with Crippen LogP contribution in [-0.2, 0) is 13.0 Å². The highest BCUT2D eigenvalue weighted by Gasteiger charge is 2.13. The van der Waals surface area contributed by atoms with E-state index in [2.05, 4.69) is 42.8 Å². The molecule has 0 aliphatic heterocycles. The van der Waals surface area contributed by atoms with Gasteiger partial charge in [-0.15, -0.1) is 0 Å². The maximum absolute atomic E-state index is 4.54. The average Bonchev–Trinajstić information content (AvgIpc) is 2.45. The van der Waals surface area contributed by atoms with Gasteiger partial charge in [0.05, 0.1) is 5.69 Å². The Hall–Kier alpha value is -0.830. The summed E-state index contributed by atoms with van der Waals surface area (Å²) in [6.07, 6.45) is 1.12. The van der Waals surface area contributed by atoms with Gasteiger partial charge in [0.2, 0.25) is 0 Å². The molecule has 0 radical (unpaired) electrons. The molecule has 3 nitrogen and oxygen atoms in total. The van der Waals surface area contributed by atoms with Gasteiger partial charge >= 0.3 is 0 Å². The summed E-state index contributed by atoms with van der Waals surface area (Å²) in [5.74, 6) is 0.668. The van der Waals surface area contributed by atoms with Crippen molar-refractivity contribution in [3.63, 3.8) is 0 Å². The first kappa shape index (κ1) is 12.2. The monoisotopic (exact) mass is 209 g/mol. The second-order valence-electron chi connectivity index (χ2n) is 4.33. The van der Waals surface area contributed by atoms with Gasteiger partial charge in [0.1, 0.15) is 0 Å². The summed E-state index contributed by atoms with van der Waals surface area (Å²) in [6, 6.07) is 0. The van der Waals surface area contributed by atoms with Crippen molar-refractivity contribution in [2.75, 3.05) is 13.6 Å². The third kappa shape index (κ3) is 2.81. The maximum atomic E-state index is 4.54. The second-order valence-corrected chi connectivity index (χ2v) is 4.33. The van der Waals surface area contributed by atoms with Crippen LogP contribution in [0.4, 0.5) is 0 Å². The van der Waals surface area contributed by atoms with E-state index in [0.29, 0.717) is 5.92 Å². The van der Waals surface area contributed by atoms with Crippen LogP contribution in [0.25, 0.3) is 0 Å². The van der Waals surface area contributed by atoms with Gasteiger partial charge in [-0.05, 0) is 52.3 Å². The highest BCUT2D eigenvalue weighted by molar-refractivity contribution is 5.25. The molecule has 1 N–H and O–H groups in total. The van der Waals surface area contributed by atoms with Crippen LogP contribution in [0.5, 0.6) is 0 Å². The van der Waals surface area contributed by atoms with E-state index in [9.17, 15) is 0 Å². The van der Waals surface area contributed by atoms with Gasteiger partial charge in [-0.2, -0.15) is 5.10 Å². The summed E-state index contributed by atoms with van der Waals surface area (Å²) in [7, 11) is 2.01. The molecule has 1 unspecified atom stereocenters. The fourth-order valence-electron chi connectivity index (χ4n) is 2.11. The Labute approximate surface area is 92.9 Å². The number of hydrogen-bond donors (Lipinski definition) is 1. The Morgan fingerprint density at radius 1 is 1.40 bits per heavy atom. The number of hydrogen-bond acceptors (Lipinski definition) is 2. The van der Waals surface area contributed by atoms with Gasteiger partial charge in [0.25, 0.3) is 0 Å². The smallest absolute Gasteiger partial charge is 0.0628 e. The first-order valence-corrected chi connectivity index (χ1v) is 5.77. The molecule has 1 aromatic rings. The summed E-state index contributed by atoms with van der Waals surface area (Å²) in [4.78, 5) is 0. The molecular weight excluding hydrogens is 186 g/mol. The Kier molecular flexibility index (Phi) is 4.33. The zero-order valence-electron chi connectivity index (χ0n) is 10.6. The molecule has 0 bridgehead atoms. The lowest BCUT2D eigenvalue weighted by atomic mass is 10.00. The number of rotatable bonds is 5. The normalized spacial score (nSPS) is 13.1. The Morgan fingerprint density at radius 3 is 2.53 bits per heavy atom. The van der Waals surface area contributed by atoms with E-state index in [0.717, 1.165) is 19.5 Å². The third-order valence-electron chi connectivity index (χ3n) is 2.94. The van der Waals surface area contributed by atoms with Crippen LogP contribution in [-0.4, -0.2) is 23.4 Å². The molecular formula is C12H23N3. The van der Waals surface area contributed by atoms with Gasteiger partial charge in [0.15, 0.2) is 0 Å². The molecule has 1 rings (SSSR count). The lowest BCUT2D eigenvalue weighted by molar-refractivity contribution is 0.538. The standard InChI is InChI=1S/C12H23N3/c1-6-15-11(4)12(10(3)14-15)7-9(2)8-13-5/h9,13H,6-8H2,1-5H3. The van der Waals surface area contributed by atoms with Crippen LogP contribution in [0.15, 0.2) is 0 Å². The van der Waals surface area contributed by atoms with Gasteiger partial charge in [0, 0.05) is 12.2 Å². The van der Waals surface area contributed by atoms with E-state index in [4.69, 9.17) is 0 Å². The van der Waals surface area contributed by atoms with Gasteiger partial charge in [-0.3, -0.25) is 4.68 Å². The molecule has 3 heteroatoms. The minimum Gasteiger partial charge on any atom is -0.319 e. The highest BCUT2D eigenvalue weighted by atomic mass is 15.3. The predicted molar refractivity (Wildman–Crippen MR) is 64.2 cm³/mol. The maximum Gasteiger partial charge on any atom is 0.0628 e. The molecule has 1 atom stereocenters. The zero-order valence-corrected chi connectivity index (χ0v) is 10.6. The van der Waals surface area contributed by atoms with Gasteiger partial charge < -0.3 is 5.32 Å². The topological polar surface area (TPSA) is 29.9 Å². The Balaban J connectivity index is 2.80. The van der Waals surface area contributed by atoms with E-state index in [1.807, 2.05) is 7.05 Å². The van der Waals surface area contributed by atoms with Crippen LogP contribution in [0.2, 0.25) is 0 Å². The summed E-state index contributed by atoms with van der Waals surface area (Å²) >= 11 is 0. The summed E-state index contributed by atoms with van der Waals surface area (Å²) < 4.78 is 2.09. The molecule has 1 aromatic heterocycles. The minimum atomic E-state index is 0.668. The lowest BCUT2D eigenvalue weighted by Crippen LogP contribution is -2.18. The van der Waals surface area contributed by atoms with Gasteiger partial charge in [-0.1, -0.05) is 6.92 Å². The fourth-order valence-corrected chi connectivity index (χ4v) is 2.11. The third-order valence-corrected chi connectivity index (χ3v) is 2.94. The minimum absolute atomic E-state index is 0.668. The molecule has 0 saturated carbocycles. The number of aryl methyl sites for hydroxylation is 2. The molecule has 15 heavy (non-hydrogen) atoms. The summed E-state index contributed by atoms with van der Waals surface area (Å²) in [5, 5.41) is 7.76. The number of nitrogens with zero attached hydrogens (tertiary/aromatic N) is 2. The van der Waals surface area contributed by atoms with Crippen LogP contribution in [0.3, 0.4) is 0 Å². The van der Waals surface area contributed by atoms with Crippen LogP contribution in [0, 0.1) is 19.8 Å². The van der Waals surface area contributed by atoms with Crippen molar-refractivity contribution in [2.24, 2.45) is 5.92 Å². The molecule has 1 heterocycles. The molecule has 0 aliphatic carbocycles. The molecule has 0 saturated heterocycles. The van der Waals surface area contributed by atoms with Crippen molar-refractivity contribution in [3.8, 4) is 0 Å². The second kappa shape index (κ2) is 5.31. The van der Waals surface area contributed by atoms with E-state index < -0.39 is 0 Å². The molecule has 0 fully saturated rings. The Bertz CT molecular complexity index is 315. The van der Waals surface area contributed by atoms with Crippen molar-refractivity contribution in [3.05, 3.63) is 17.0 Å². The fraction of sp³-hybridized carbons (Fsp3) is 0.750. The lowest BCUT2D eigenvalue weighted by Gasteiger charge is -2.10. The molecule has 0 spiro atoms. The van der Waals surface area contributed by atoms with Crippen molar-refractivity contribution >= 4 is 0 Å². The highest BCUT2D eigenvalue weighted by Crippen LogP contribution is 2.17. The molecule has 0 aliphatic rings. The predicted octanol–water partition coefficient (Wildman–Crippen LogP) is 1.92. The average molecular weight is 209 g/mol. The van der Waals surface area contributed by atoms with Crippen LogP contribution in [0.1, 0.15) is 30.8 Å². The SMILES string of the molecule is CCn1nc(C)c(CC(C)CNC)c1C. The largest absolute Gasteiger partial charge is 0.319 e. The van der Waals surface area contributed by atoms with E-state index in [-0.39, 0.29) is 0 Å². The summed E-state index contributed by atoms with van der Waals surface area (Å²) in [6.45, 7) is 10.7. The van der Waals surface area contributed by atoms with Crippen molar-refractivity contribution in [1.82, 2.24) is 15.1 Å². The van der Waals surface area contributed by atoms with Crippen molar-refractivity contribution < 1.29 is 0 Å². The quantitative estimate of drug-likeness (QED) is 0.803. The summed E-state index contributed by atoms with van der Waals surface area (Å²) in [5.41, 5.74) is 3.95. The number of nitrogens with one attached hydrogen (secondary N) is 1. The van der Waals surface area contributed by atoms with Gasteiger partial charge in [-0.25, -0.2) is 0 Å². The molecule has 0 amide bonds. The van der Waals surface area contributed by atoms with Crippen molar-refractivity contribution in [2.45, 2.75) is 40.7 Å². The van der Waals surface area contributed by atoms with E-state index >= 15 is 0 Å². The van der Waals surface area contributed by atoms with Crippen molar-refractivity contribution in [1.29, 1.82) is 0 Å². The van der Waals surface area contributed by atoms with E-state index in [1.54, 1.807) is 0 Å². The van der Waals surface area contributed by atoms with E-state index in [1.165, 1.54) is 17.0 Å². The number of aromatic nitrogens is 2. The molecule has 0 aromatic carbocycles. The molecule has 86 valence electrons. The zero-order chi connectivity index (χ0) is 11.4. The van der Waals surface area contributed by atoms with Crippen LogP contribution < -0.4 is 5.32 Å². The first-order chi connectivity index (χ1) is 7.10. The first-order valence-electron chi connectivity index (χ1n) is 5.77. The van der Waals surface area contributed by atoms with Crippen LogP contribution >= 0.6 is 0 Å². The Morgan fingerprint density at radius 2 is 2.07 bits per heavy atom.